The van der Waals surface area contributed by atoms with Crippen molar-refractivity contribution in [1.82, 2.24) is 9.47 Å². The quantitative estimate of drug-likeness (QED) is 0.368. The van der Waals surface area contributed by atoms with Gasteiger partial charge in [-0.25, -0.2) is 8.42 Å². The Hall–Kier alpha value is -2.15. The lowest BCUT2D eigenvalue weighted by Gasteiger charge is -2.35. The largest absolute Gasteiger partial charge is 0.313 e. The fourth-order valence-corrected chi connectivity index (χ4v) is 7.63. The minimum atomic E-state index is -3.17. The lowest BCUT2D eigenvalue weighted by molar-refractivity contribution is 0.0916. The van der Waals surface area contributed by atoms with Gasteiger partial charge >= 0.3 is 0 Å². The average molecular weight is 483 g/mol. The van der Waals surface area contributed by atoms with Crippen LogP contribution in [0.25, 0.3) is 16.6 Å². The first-order valence-electron chi connectivity index (χ1n) is 11.6. The Labute approximate surface area is 199 Å². The van der Waals surface area contributed by atoms with Gasteiger partial charge in [-0.05, 0) is 74.4 Å². The molecule has 3 aromatic rings. The molecule has 2 heterocycles. The maximum atomic E-state index is 13.7. The van der Waals surface area contributed by atoms with Crippen molar-refractivity contribution in [3.63, 3.8) is 0 Å². The van der Waals surface area contributed by atoms with Crippen molar-refractivity contribution in [2.75, 3.05) is 12.8 Å². The van der Waals surface area contributed by atoms with E-state index in [4.69, 9.17) is 11.6 Å². The molecule has 6 rings (SSSR count). The zero-order valence-corrected chi connectivity index (χ0v) is 20.4. The second-order valence-electron chi connectivity index (χ2n) is 10.1. The Bertz CT molecular complexity index is 1410. The number of carbonyl (C=O) groups excluding carboxylic acids is 1. The molecular weight excluding hydrogens is 456 g/mol. The number of hydrogen-bond donors (Lipinski definition) is 0. The number of benzene rings is 2. The third kappa shape index (κ3) is 3.22. The van der Waals surface area contributed by atoms with E-state index in [2.05, 4.69) is 9.47 Å². The molecule has 1 saturated heterocycles. The van der Waals surface area contributed by atoms with E-state index in [-0.39, 0.29) is 11.5 Å². The average Bonchev–Trinajstić information content (AvgIpc) is 3.16. The van der Waals surface area contributed by atoms with Crippen LogP contribution in [0.15, 0.2) is 42.5 Å². The van der Waals surface area contributed by atoms with E-state index in [9.17, 15) is 13.2 Å². The van der Waals surface area contributed by atoms with Crippen LogP contribution in [0.4, 0.5) is 0 Å². The third-order valence-electron chi connectivity index (χ3n) is 8.19. The highest BCUT2D eigenvalue weighted by atomic mass is 35.5. The monoisotopic (exact) mass is 482 g/mol. The number of aromatic nitrogens is 1. The fraction of sp³-hybridized carbons (Fsp3) is 0.423. The second-order valence-corrected chi connectivity index (χ2v) is 12.6. The number of halogens is 1. The summed E-state index contributed by atoms with van der Waals surface area (Å²) in [6.45, 7) is 2.44. The van der Waals surface area contributed by atoms with E-state index >= 15 is 0 Å². The molecule has 172 valence electrons. The van der Waals surface area contributed by atoms with Gasteiger partial charge < -0.3 is 4.57 Å². The molecule has 4 atom stereocenters. The number of hydrogen-bond acceptors (Lipinski definition) is 4. The van der Waals surface area contributed by atoms with Crippen LogP contribution < -0.4 is 0 Å². The van der Waals surface area contributed by atoms with Crippen molar-refractivity contribution >= 4 is 38.1 Å². The maximum Gasteiger partial charge on any atom is 0.179 e. The first-order chi connectivity index (χ1) is 15.7. The summed E-state index contributed by atoms with van der Waals surface area (Å²) in [6, 6.07) is 13.8. The predicted molar refractivity (Wildman–Crippen MR) is 131 cm³/mol. The Balaban J connectivity index is 1.44. The fourth-order valence-electron chi connectivity index (χ4n) is 6.72. The van der Waals surface area contributed by atoms with Gasteiger partial charge in [0, 0.05) is 45.2 Å². The summed E-state index contributed by atoms with van der Waals surface area (Å²) < 4.78 is 25.9. The van der Waals surface area contributed by atoms with E-state index in [0.29, 0.717) is 28.7 Å². The molecule has 0 N–H and O–H groups in total. The lowest BCUT2D eigenvalue weighted by atomic mass is 9.74. The van der Waals surface area contributed by atoms with Gasteiger partial charge in [0.1, 0.15) is 0 Å². The molecule has 33 heavy (non-hydrogen) atoms. The molecule has 1 aliphatic heterocycles. The van der Waals surface area contributed by atoms with Gasteiger partial charge in [-0.2, -0.15) is 0 Å². The minimum absolute atomic E-state index is 0.0313. The van der Waals surface area contributed by atoms with E-state index in [1.165, 1.54) is 31.9 Å². The normalized spacial score (nSPS) is 27.8. The van der Waals surface area contributed by atoms with Gasteiger partial charge in [-0.1, -0.05) is 23.7 Å². The van der Waals surface area contributed by atoms with Crippen molar-refractivity contribution in [1.29, 1.82) is 0 Å². The van der Waals surface area contributed by atoms with Gasteiger partial charge in [0.2, 0.25) is 0 Å². The highest BCUT2D eigenvalue weighted by Crippen LogP contribution is 2.66. The van der Waals surface area contributed by atoms with E-state index in [1.54, 1.807) is 0 Å². The van der Waals surface area contributed by atoms with Crippen molar-refractivity contribution in [2.45, 2.75) is 49.9 Å². The molecule has 1 spiro atoms. The van der Waals surface area contributed by atoms with Gasteiger partial charge in [-0.15, -0.1) is 0 Å². The standard InChI is InChI=1S/C26H27ClN2O3S/c1-16-25(23(30)14-28-24-10-4-18-11-12-26(18,24)28)21-9-3-17(15-33(2,31)32)13-22(21)29(16)20-7-5-19(27)6-8-20/h3,5-9,13,18,24H,4,10-12,14-15H2,1-2H3. The minimum Gasteiger partial charge on any atom is -0.313 e. The summed E-state index contributed by atoms with van der Waals surface area (Å²) in [5, 5.41) is 1.52. The number of nitrogens with zero attached hydrogens (tertiary/aromatic N) is 2. The molecule has 3 aliphatic rings. The van der Waals surface area contributed by atoms with Crippen LogP contribution in [-0.4, -0.2) is 48.0 Å². The molecule has 3 fully saturated rings. The summed E-state index contributed by atoms with van der Waals surface area (Å²) >= 11 is 6.12. The number of carbonyl (C=O) groups is 1. The third-order valence-corrected chi connectivity index (χ3v) is 9.29. The van der Waals surface area contributed by atoms with Crippen molar-refractivity contribution in [3.05, 3.63) is 64.3 Å². The zero-order chi connectivity index (χ0) is 23.1. The number of piperidine rings is 1. The zero-order valence-electron chi connectivity index (χ0n) is 18.8. The summed E-state index contributed by atoms with van der Waals surface area (Å²) in [4.78, 5) is 16.1. The predicted octanol–water partition coefficient (Wildman–Crippen LogP) is 4.95. The summed E-state index contributed by atoms with van der Waals surface area (Å²) in [6.07, 6.45) is 6.31. The van der Waals surface area contributed by atoms with Gasteiger partial charge in [0.15, 0.2) is 15.6 Å². The smallest absolute Gasteiger partial charge is 0.179 e. The van der Waals surface area contributed by atoms with Crippen molar-refractivity contribution in [2.24, 2.45) is 5.92 Å². The lowest BCUT2D eigenvalue weighted by Crippen LogP contribution is -2.38. The van der Waals surface area contributed by atoms with Crippen LogP contribution in [0.5, 0.6) is 0 Å². The number of likely N-dealkylation sites (tertiary alicyclic amines) is 1. The van der Waals surface area contributed by atoms with E-state index < -0.39 is 9.84 Å². The molecule has 4 unspecified atom stereocenters. The number of rotatable bonds is 6. The molecular formula is C26H27ClN2O3S. The molecule has 7 heteroatoms. The Morgan fingerprint density at radius 3 is 2.52 bits per heavy atom. The van der Waals surface area contributed by atoms with Gasteiger partial charge in [0.05, 0.1) is 17.8 Å². The molecule has 0 radical (unpaired) electrons. The van der Waals surface area contributed by atoms with Crippen LogP contribution in [0.1, 0.15) is 47.3 Å². The molecule has 5 nitrogen and oxygen atoms in total. The van der Waals surface area contributed by atoms with Crippen LogP contribution in [0, 0.1) is 12.8 Å². The molecule has 0 amide bonds. The SMILES string of the molecule is Cc1c(C(=O)CN2C3CCC4CCC432)c2ccc(CS(C)(=O)=O)cc2n1-c1ccc(Cl)cc1. The number of sulfone groups is 1. The second kappa shape index (κ2) is 7.17. The molecule has 0 bridgehead atoms. The highest BCUT2D eigenvalue weighted by molar-refractivity contribution is 7.89. The van der Waals surface area contributed by atoms with Crippen LogP contribution in [0.3, 0.4) is 0 Å². The van der Waals surface area contributed by atoms with Gasteiger partial charge in [0.25, 0.3) is 0 Å². The van der Waals surface area contributed by atoms with Crippen LogP contribution in [-0.2, 0) is 15.6 Å². The van der Waals surface area contributed by atoms with E-state index in [0.717, 1.165) is 33.8 Å². The Morgan fingerprint density at radius 2 is 1.88 bits per heavy atom. The van der Waals surface area contributed by atoms with Crippen LogP contribution >= 0.6 is 11.6 Å². The Kier molecular flexibility index (Phi) is 4.65. The molecule has 1 aromatic heterocycles. The van der Waals surface area contributed by atoms with Crippen molar-refractivity contribution in [3.8, 4) is 5.69 Å². The Morgan fingerprint density at radius 1 is 1.12 bits per heavy atom. The molecule has 2 aromatic carbocycles. The molecule has 2 saturated carbocycles. The number of Topliss-reactive ketones (excluding diaryl/α,β-unsaturated/α-hetero) is 1. The first kappa shape index (κ1) is 21.4. The first-order valence-corrected chi connectivity index (χ1v) is 14.0. The number of fused-ring (bicyclic) bond motifs is 1. The summed E-state index contributed by atoms with van der Waals surface area (Å²) in [5.74, 6) is 0.900. The van der Waals surface area contributed by atoms with Crippen molar-refractivity contribution < 1.29 is 13.2 Å². The topological polar surface area (TPSA) is 59.1 Å². The van der Waals surface area contributed by atoms with Gasteiger partial charge in [-0.3, -0.25) is 9.69 Å². The maximum absolute atomic E-state index is 13.7. The summed E-state index contributed by atoms with van der Waals surface area (Å²) in [7, 11) is -3.17. The summed E-state index contributed by atoms with van der Waals surface area (Å²) in [5.41, 5.74) is 4.41. The molecule has 2 aliphatic carbocycles. The number of ketones is 1. The highest BCUT2D eigenvalue weighted by Gasteiger charge is 2.73. The van der Waals surface area contributed by atoms with Crippen LogP contribution in [0.2, 0.25) is 5.02 Å². The van der Waals surface area contributed by atoms with E-state index in [1.807, 2.05) is 49.4 Å².